The molecule has 2 rings (SSSR count). The molecule has 0 saturated heterocycles. The number of ether oxygens (including phenoxy) is 1. The van der Waals surface area contributed by atoms with Crippen LogP contribution >= 0.6 is 0 Å². The summed E-state index contributed by atoms with van der Waals surface area (Å²) in [6.07, 6.45) is 5.03. The van der Waals surface area contributed by atoms with Gasteiger partial charge in [-0.05, 0) is 37.7 Å². The Balaban J connectivity index is 2.30. The van der Waals surface area contributed by atoms with Crippen molar-refractivity contribution in [3.05, 3.63) is 16.8 Å². The number of nitriles is 1. The van der Waals surface area contributed by atoms with Crippen LogP contribution in [0.15, 0.2) is 0 Å². The fourth-order valence-electron chi connectivity index (χ4n) is 2.94. The standard InChI is InChI=1S/C15H22N4O/c1-4-10-11(9-16)15(19-18-12(10)5-2)17-13-7-6-8-14(13)20-3/h13-14H,4-8H2,1-3H3,(H,17,19). The van der Waals surface area contributed by atoms with E-state index in [0.717, 1.165) is 43.4 Å². The van der Waals surface area contributed by atoms with Crippen LogP contribution in [-0.2, 0) is 17.6 Å². The maximum Gasteiger partial charge on any atom is 0.167 e. The molecule has 1 heterocycles. The molecule has 0 aliphatic heterocycles. The molecule has 0 radical (unpaired) electrons. The number of anilines is 1. The molecular weight excluding hydrogens is 252 g/mol. The summed E-state index contributed by atoms with van der Waals surface area (Å²) in [7, 11) is 1.74. The molecule has 0 spiro atoms. The Morgan fingerprint density at radius 1 is 1.30 bits per heavy atom. The molecule has 2 atom stereocenters. The fraction of sp³-hybridized carbons (Fsp3) is 0.667. The van der Waals surface area contributed by atoms with Crippen molar-refractivity contribution in [2.75, 3.05) is 12.4 Å². The Labute approximate surface area is 120 Å². The summed E-state index contributed by atoms with van der Waals surface area (Å²) < 4.78 is 5.48. The molecular formula is C15H22N4O. The SMILES string of the molecule is CCc1nnc(NC2CCCC2OC)c(C#N)c1CC. The van der Waals surface area contributed by atoms with Crippen LogP contribution in [0.3, 0.4) is 0 Å². The predicted molar refractivity (Wildman–Crippen MR) is 77.6 cm³/mol. The van der Waals surface area contributed by atoms with Crippen molar-refractivity contribution >= 4 is 5.82 Å². The van der Waals surface area contributed by atoms with Crippen molar-refractivity contribution in [2.45, 2.75) is 58.1 Å². The quantitative estimate of drug-likeness (QED) is 0.893. The third kappa shape index (κ3) is 2.75. The van der Waals surface area contributed by atoms with E-state index < -0.39 is 0 Å². The van der Waals surface area contributed by atoms with Crippen LogP contribution in [0.5, 0.6) is 0 Å². The van der Waals surface area contributed by atoms with Gasteiger partial charge >= 0.3 is 0 Å². The van der Waals surface area contributed by atoms with E-state index >= 15 is 0 Å². The van der Waals surface area contributed by atoms with Crippen molar-refractivity contribution < 1.29 is 4.74 Å². The molecule has 5 nitrogen and oxygen atoms in total. The van der Waals surface area contributed by atoms with Crippen molar-refractivity contribution in [1.82, 2.24) is 10.2 Å². The topological polar surface area (TPSA) is 70.8 Å². The van der Waals surface area contributed by atoms with E-state index in [4.69, 9.17) is 4.74 Å². The molecule has 0 bridgehead atoms. The van der Waals surface area contributed by atoms with Gasteiger partial charge in [-0.25, -0.2) is 0 Å². The summed E-state index contributed by atoms with van der Waals surface area (Å²) in [5, 5.41) is 21.3. The average molecular weight is 274 g/mol. The van der Waals surface area contributed by atoms with Gasteiger partial charge in [-0.1, -0.05) is 13.8 Å². The third-order valence-electron chi connectivity index (χ3n) is 4.04. The Morgan fingerprint density at radius 3 is 2.70 bits per heavy atom. The van der Waals surface area contributed by atoms with E-state index in [9.17, 15) is 5.26 Å². The van der Waals surface area contributed by atoms with E-state index in [0.29, 0.717) is 11.4 Å². The van der Waals surface area contributed by atoms with Crippen molar-refractivity contribution in [1.29, 1.82) is 5.26 Å². The maximum absolute atomic E-state index is 9.46. The van der Waals surface area contributed by atoms with Gasteiger partial charge in [-0.3, -0.25) is 0 Å². The van der Waals surface area contributed by atoms with Crippen molar-refractivity contribution in [2.24, 2.45) is 0 Å². The predicted octanol–water partition coefficient (Wildman–Crippen LogP) is 2.45. The maximum atomic E-state index is 9.46. The van der Waals surface area contributed by atoms with E-state index in [1.165, 1.54) is 0 Å². The zero-order chi connectivity index (χ0) is 14.5. The van der Waals surface area contributed by atoms with Crippen LogP contribution < -0.4 is 5.32 Å². The van der Waals surface area contributed by atoms with Gasteiger partial charge < -0.3 is 10.1 Å². The number of hydrogen-bond acceptors (Lipinski definition) is 5. The number of hydrogen-bond donors (Lipinski definition) is 1. The lowest BCUT2D eigenvalue weighted by Gasteiger charge is -2.21. The zero-order valence-corrected chi connectivity index (χ0v) is 12.4. The highest BCUT2D eigenvalue weighted by atomic mass is 16.5. The first-order chi connectivity index (χ1) is 9.74. The second kappa shape index (κ2) is 6.67. The van der Waals surface area contributed by atoms with Gasteiger partial charge in [0.15, 0.2) is 5.82 Å². The number of aromatic nitrogens is 2. The molecule has 0 amide bonds. The summed E-state index contributed by atoms with van der Waals surface area (Å²) in [5.41, 5.74) is 2.57. The molecule has 108 valence electrons. The molecule has 1 aromatic heterocycles. The summed E-state index contributed by atoms with van der Waals surface area (Å²) >= 11 is 0. The van der Waals surface area contributed by atoms with Crippen LogP contribution in [0.25, 0.3) is 0 Å². The molecule has 1 saturated carbocycles. The Bertz CT molecular complexity index is 509. The molecule has 1 N–H and O–H groups in total. The van der Waals surface area contributed by atoms with Crippen LogP contribution in [0.1, 0.15) is 49.9 Å². The van der Waals surface area contributed by atoms with Gasteiger partial charge in [0.2, 0.25) is 0 Å². The lowest BCUT2D eigenvalue weighted by molar-refractivity contribution is 0.101. The number of aryl methyl sites for hydroxylation is 1. The summed E-state index contributed by atoms with van der Waals surface area (Å²) in [4.78, 5) is 0. The largest absolute Gasteiger partial charge is 0.379 e. The van der Waals surface area contributed by atoms with Gasteiger partial charge in [0.25, 0.3) is 0 Å². The third-order valence-corrected chi connectivity index (χ3v) is 4.04. The van der Waals surface area contributed by atoms with Gasteiger partial charge in [0, 0.05) is 7.11 Å². The highest BCUT2D eigenvalue weighted by molar-refractivity contribution is 5.57. The zero-order valence-electron chi connectivity index (χ0n) is 12.4. The molecule has 1 aliphatic carbocycles. The van der Waals surface area contributed by atoms with E-state index in [-0.39, 0.29) is 12.1 Å². The van der Waals surface area contributed by atoms with Gasteiger partial charge in [0.1, 0.15) is 11.6 Å². The summed E-state index contributed by atoms with van der Waals surface area (Å²) in [6.45, 7) is 4.09. The highest BCUT2D eigenvalue weighted by Gasteiger charge is 2.28. The molecule has 1 aromatic rings. The number of nitrogens with one attached hydrogen (secondary N) is 1. The second-order valence-corrected chi connectivity index (χ2v) is 5.12. The van der Waals surface area contributed by atoms with Crippen molar-refractivity contribution in [3.63, 3.8) is 0 Å². The summed E-state index contributed by atoms with van der Waals surface area (Å²) in [6, 6.07) is 2.51. The minimum absolute atomic E-state index is 0.194. The molecule has 20 heavy (non-hydrogen) atoms. The monoisotopic (exact) mass is 274 g/mol. The Kier molecular flexibility index (Phi) is 4.91. The Morgan fingerprint density at radius 2 is 2.10 bits per heavy atom. The molecule has 0 aromatic carbocycles. The van der Waals surface area contributed by atoms with Gasteiger partial charge in [-0.2, -0.15) is 10.4 Å². The van der Waals surface area contributed by atoms with Crippen LogP contribution in [0.2, 0.25) is 0 Å². The smallest absolute Gasteiger partial charge is 0.167 e. The molecule has 1 aliphatic rings. The minimum atomic E-state index is 0.194. The Hall–Kier alpha value is -1.67. The van der Waals surface area contributed by atoms with E-state index in [2.05, 4.69) is 21.6 Å². The van der Waals surface area contributed by atoms with Crippen molar-refractivity contribution in [3.8, 4) is 6.07 Å². The number of nitrogens with zero attached hydrogens (tertiary/aromatic N) is 3. The summed E-state index contributed by atoms with van der Waals surface area (Å²) in [5.74, 6) is 0.607. The highest BCUT2D eigenvalue weighted by Crippen LogP contribution is 2.27. The lowest BCUT2D eigenvalue weighted by Crippen LogP contribution is -2.31. The first-order valence-electron chi connectivity index (χ1n) is 7.32. The molecule has 1 fully saturated rings. The minimum Gasteiger partial charge on any atom is -0.379 e. The first kappa shape index (κ1) is 14.7. The van der Waals surface area contributed by atoms with E-state index in [1.54, 1.807) is 7.11 Å². The normalized spacial score (nSPS) is 21.7. The molecule has 5 heteroatoms. The molecule has 2 unspecified atom stereocenters. The van der Waals surface area contributed by atoms with Crippen LogP contribution in [0.4, 0.5) is 5.82 Å². The fourth-order valence-corrected chi connectivity index (χ4v) is 2.94. The van der Waals surface area contributed by atoms with Crippen LogP contribution in [-0.4, -0.2) is 29.5 Å². The number of methoxy groups -OCH3 is 1. The number of rotatable bonds is 5. The lowest BCUT2D eigenvalue weighted by atomic mass is 10.0. The first-order valence-corrected chi connectivity index (χ1v) is 7.32. The van der Waals surface area contributed by atoms with Crippen LogP contribution in [0, 0.1) is 11.3 Å². The van der Waals surface area contributed by atoms with E-state index in [1.807, 2.05) is 13.8 Å². The van der Waals surface area contributed by atoms with Gasteiger partial charge in [0.05, 0.1) is 17.8 Å². The average Bonchev–Trinajstić information content (AvgIpc) is 2.93. The van der Waals surface area contributed by atoms with Gasteiger partial charge in [-0.15, -0.1) is 5.10 Å². The second-order valence-electron chi connectivity index (χ2n) is 5.12.